The van der Waals surface area contributed by atoms with E-state index in [1.807, 2.05) is 6.92 Å². The van der Waals surface area contributed by atoms with Crippen molar-refractivity contribution < 1.29 is 19.4 Å². The Balaban J connectivity index is 1.78. The van der Waals surface area contributed by atoms with E-state index in [1.54, 1.807) is 4.90 Å². The van der Waals surface area contributed by atoms with Crippen molar-refractivity contribution in [1.29, 1.82) is 0 Å². The minimum Gasteiger partial charge on any atom is -0.481 e. The van der Waals surface area contributed by atoms with Crippen molar-refractivity contribution in [2.24, 2.45) is 5.92 Å². The summed E-state index contributed by atoms with van der Waals surface area (Å²) >= 11 is 0. The third-order valence-electron chi connectivity index (χ3n) is 4.18. The Bertz CT molecular complexity index is 359. The molecule has 0 aromatic heterocycles. The molecule has 20 heavy (non-hydrogen) atoms. The van der Waals surface area contributed by atoms with E-state index in [1.165, 1.54) is 0 Å². The molecule has 3 atom stereocenters. The maximum atomic E-state index is 12.2. The summed E-state index contributed by atoms with van der Waals surface area (Å²) in [7, 11) is 0. The summed E-state index contributed by atoms with van der Waals surface area (Å²) in [6, 6.07) is -0.0819. The number of nitrogens with zero attached hydrogens (tertiary/aromatic N) is 1. The number of hydrogen-bond acceptors (Lipinski definition) is 3. The van der Waals surface area contributed by atoms with E-state index in [9.17, 15) is 9.59 Å². The van der Waals surface area contributed by atoms with Crippen molar-refractivity contribution in [2.75, 3.05) is 19.7 Å². The first-order valence-corrected chi connectivity index (χ1v) is 7.50. The van der Waals surface area contributed by atoms with Crippen molar-refractivity contribution in [1.82, 2.24) is 10.2 Å². The number of carbonyl (C=O) groups excluding carboxylic acids is 1. The summed E-state index contributed by atoms with van der Waals surface area (Å²) in [5.41, 5.74) is 0. The number of urea groups is 1. The maximum absolute atomic E-state index is 12.2. The molecule has 1 aliphatic heterocycles. The topological polar surface area (TPSA) is 78.9 Å². The van der Waals surface area contributed by atoms with Crippen LogP contribution in [0.3, 0.4) is 0 Å². The van der Waals surface area contributed by atoms with Crippen LogP contribution in [0.5, 0.6) is 0 Å². The summed E-state index contributed by atoms with van der Waals surface area (Å²) in [6.07, 6.45) is 4.05. The fourth-order valence-electron chi connectivity index (χ4n) is 3.10. The predicted octanol–water partition coefficient (Wildman–Crippen LogP) is 1.45. The summed E-state index contributed by atoms with van der Waals surface area (Å²) in [6.45, 7) is 4.02. The molecule has 2 N–H and O–H groups in total. The smallest absolute Gasteiger partial charge is 0.317 e. The lowest BCUT2D eigenvalue weighted by molar-refractivity contribution is -0.141. The van der Waals surface area contributed by atoms with Gasteiger partial charge in [0.15, 0.2) is 0 Å². The number of carboxylic acid groups (broad SMARTS) is 1. The first kappa shape index (κ1) is 15.1. The van der Waals surface area contributed by atoms with Crippen LogP contribution >= 0.6 is 0 Å². The van der Waals surface area contributed by atoms with Crippen LogP contribution < -0.4 is 5.32 Å². The first-order valence-electron chi connectivity index (χ1n) is 7.50. The highest BCUT2D eigenvalue weighted by Crippen LogP contribution is 2.26. The lowest BCUT2D eigenvalue weighted by Crippen LogP contribution is -2.50. The molecule has 2 aliphatic rings. The highest BCUT2D eigenvalue weighted by Gasteiger charge is 2.32. The van der Waals surface area contributed by atoms with E-state index >= 15 is 0 Å². The van der Waals surface area contributed by atoms with Crippen LogP contribution in [-0.4, -0.2) is 53.8 Å². The minimum atomic E-state index is -0.754. The Kier molecular flexibility index (Phi) is 5.23. The van der Waals surface area contributed by atoms with Crippen LogP contribution in [-0.2, 0) is 9.53 Å². The molecule has 0 aromatic carbocycles. The fraction of sp³-hybridized carbons (Fsp3) is 0.857. The maximum Gasteiger partial charge on any atom is 0.317 e. The lowest BCUT2D eigenvalue weighted by Gasteiger charge is -2.33. The van der Waals surface area contributed by atoms with Crippen molar-refractivity contribution >= 4 is 12.0 Å². The lowest BCUT2D eigenvalue weighted by atomic mass is 10.1. The van der Waals surface area contributed by atoms with Gasteiger partial charge < -0.3 is 20.1 Å². The molecule has 2 amide bonds. The molecular weight excluding hydrogens is 260 g/mol. The molecule has 1 saturated carbocycles. The molecule has 114 valence electrons. The third-order valence-corrected chi connectivity index (χ3v) is 4.18. The molecule has 6 nitrogen and oxygen atoms in total. The third kappa shape index (κ3) is 3.85. The van der Waals surface area contributed by atoms with Crippen LogP contribution in [0.2, 0.25) is 0 Å². The minimum absolute atomic E-state index is 0.00364. The van der Waals surface area contributed by atoms with Gasteiger partial charge in [-0.3, -0.25) is 4.79 Å². The average Bonchev–Trinajstić information content (AvgIpc) is 2.88. The second-order valence-corrected chi connectivity index (χ2v) is 5.66. The summed E-state index contributed by atoms with van der Waals surface area (Å²) < 4.78 is 5.58. The Morgan fingerprint density at radius 1 is 1.35 bits per heavy atom. The normalized spacial score (nSPS) is 30.2. The van der Waals surface area contributed by atoms with Gasteiger partial charge >= 0.3 is 12.0 Å². The second kappa shape index (κ2) is 6.92. The number of carboxylic acids is 1. The molecule has 0 spiro atoms. The van der Waals surface area contributed by atoms with Crippen LogP contribution in [0.1, 0.15) is 39.0 Å². The molecule has 0 bridgehead atoms. The number of hydrogen-bond donors (Lipinski definition) is 2. The molecule has 1 heterocycles. The van der Waals surface area contributed by atoms with E-state index in [-0.39, 0.29) is 24.1 Å². The SMILES string of the molecule is CCOC1CCCN(C(=O)N[C@H]2CC[C@@H](C(=O)O)C2)C1. The summed E-state index contributed by atoms with van der Waals surface area (Å²) in [5, 5.41) is 11.9. The Morgan fingerprint density at radius 2 is 2.15 bits per heavy atom. The van der Waals surface area contributed by atoms with E-state index in [0.717, 1.165) is 25.8 Å². The zero-order valence-electron chi connectivity index (χ0n) is 12.0. The summed E-state index contributed by atoms with van der Waals surface area (Å²) in [5.74, 6) is -1.06. The second-order valence-electron chi connectivity index (χ2n) is 5.66. The van der Waals surface area contributed by atoms with E-state index in [4.69, 9.17) is 9.84 Å². The van der Waals surface area contributed by atoms with Gasteiger partial charge in [-0.2, -0.15) is 0 Å². The van der Waals surface area contributed by atoms with Crippen molar-refractivity contribution in [3.8, 4) is 0 Å². The van der Waals surface area contributed by atoms with Crippen LogP contribution in [0, 0.1) is 5.92 Å². The molecule has 2 fully saturated rings. The van der Waals surface area contributed by atoms with Gasteiger partial charge in [-0.05, 0) is 39.0 Å². The quantitative estimate of drug-likeness (QED) is 0.819. The highest BCUT2D eigenvalue weighted by atomic mass is 16.5. The molecule has 1 aliphatic carbocycles. The van der Waals surface area contributed by atoms with E-state index < -0.39 is 5.97 Å². The van der Waals surface area contributed by atoms with Crippen molar-refractivity contribution in [3.63, 3.8) is 0 Å². The largest absolute Gasteiger partial charge is 0.481 e. The summed E-state index contributed by atoms with van der Waals surface area (Å²) in [4.78, 5) is 24.9. The standard InChI is InChI=1S/C14H24N2O4/c1-2-20-12-4-3-7-16(9-12)14(19)15-11-6-5-10(8-11)13(17)18/h10-12H,2-9H2,1H3,(H,15,19)(H,17,18)/t10-,11+,12?/m1/s1. The zero-order chi connectivity index (χ0) is 14.5. The van der Waals surface area contributed by atoms with Crippen LogP contribution in [0.25, 0.3) is 0 Å². The molecule has 1 saturated heterocycles. The Morgan fingerprint density at radius 3 is 2.80 bits per heavy atom. The number of carbonyl (C=O) groups is 2. The van der Waals surface area contributed by atoms with Crippen molar-refractivity contribution in [2.45, 2.75) is 51.2 Å². The van der Waals surface area contributed by atoms with Gasteiger partial charge in [0, 0.05) is 25.7 Å². The number of rotatable bonds is 4. The molecule has 0 aromatic rings. The Labute approximate surface area is 119 Å². The van der Waals surface area contributed by atoms with Gasteiger partial charge in [-0.1, -0.05) is 0 Å². The number of aliphatic carboxylic acids is 1. The molecule has 1 unspecified atom stereocenters. The van der Waals surface area contributed by atoms with Gasteiger partial charge in [-0.15, -0.1) is 0 Å². The van der Waals surface area contributed by atoms with E-state index in [2.05, 4.69) is 5.32 Å². The van der Waals surface area contributed by atoms with Crippen LogP contribution in [0.15, 0.2) is 0 Å². The van der Waals surface area contributed by atoms with Crippen LogP contribution in [0.4, 0.5) is 4.79 Å². The molecular formula is C14H24N2O4. The number of ether oxygens (including phenoxy) is 1. The molecule has 6 heteroatoms. The van der Waals surface area contributed by atoms with Gasteiger partial charge in [0.25, 0.3) is 0 Å². The van der Waals surface area contributed by atoms with Gasteiger partial charge in [-0.25, -0.2) is 4.79 Å². The fourth-order valence-corrected chi connectivity index (χ4v) is 3.10. The number of amides is 2. The zero-order valence-corrected chi connectivity index (χ0v) is 12.0. The number of likely N-dealkylation sites (tertiary alicyclic amines) is 1. The average molecular weight is 284 g/mol. The van der Waals surface area contributed by atoms with Crippen molar-refractivity contribution in [3.05, 3.63) is 0 Å². The molecule has 2 rings (SSSR count). The van der Waals surface area contributed by atoms with E-state index in [0.29, 0.717) is 26.0 Å². The monoisotopic (exact) mass is 284 g/mol. The van der Waals surface area contributed by atoms with Gasteiger partial charge in [0.05, 0.1) is 12.0 Å². The number of nitrogens with one attached hydrogen (secondary N) is 1. The predicted molar refractivity (Wildman–Crippen MR) is 73.5 cm³/mol. The Hall–Kier alpha value is -1.30. The van der Waals surface area contributed by atoms with Gasteiger partial charge in [0.2, 0.25) is 0 Å². The molecule has 0 radical (unpaired) electrons. The highest BCUT2D eigenvalue weighted by molar-refractivity contribution is 5.75. The first-order chi connectivity index (χ1) is 9.60. The number of piperidine rings is 1. The van der Waals surface area contributed by atoms with Gasteiger partial charge in [0.1, 0.15) is 0 Å².